The third-order valence-electron chi connectivity index (χ3n) is 6.15. The molecule has 0 amide bonds. The molecule has 1 heterocycles. The molecular weight excluding hydrogens is 302 g/mol. The highest BCUT2D eigenvalue weighted by Crippen LogP contribution is 2.55. The monoisotopic (exact) mass is 325 g/mol. The van der Waals surface area contributed by atoms with E-state index in [-0.39, 0.29) is 0 Å². The minimum absolute atomic E-state index is 0.396. The van der Waals surface area contributed by atoms with Crippen LogP contribution < -0.4 is 5.32 Å². The number of benzene rings is 1. The van der Waals surface area contributed by atoms with Crippen molar-refractivity contribution < 1.29 is 0 Å². The van der Waals surface area contributed by atoms with Crippen molar-refractivity contribution >= 4 is 11.5 Å². The van der Waals surface area contributed by atoms with Gasteiger partial charge in [0.1, 0.15) is 5.01 Å². The van der Waals surface area contributed by atoms with Crippen LogP contribution >= 0.6 is 11.5 Å². The van der Waals surface area contributed by atoms with Crippen LogP contribution in [0.2, 0.25) is 0 Å². The van der Waals surface area contributed by atoms with Crippen LogP contribution in [0.3, 0.4) is 0 Å². The Balaban J connectivity index is 1.29. The summed E-state index contributed by atoms with van der Waals surface area (Å²) in [5.74, 6) is 3.91. The van der Waals surface area contributed by atoms with Crippen molar-refractivity contribution in [3.8, 4) is 10.6 Å². The molecule has 4 aliphatic rings. The van der Waals surface area contributed by atoms with Crippen molar-refractivity contribution in [3.05, 3.63) is 36.2 Å². The van der Waals surface area contributed by atoms with Gasteiger partial charge in [-0.15, -0.1) is 0 Å². The third kappa shape index (κ3) is 2.62. The highest BCUT2D eigenvalue weighted by atomic mass is 32.1. The van der Waals surface area contributed by atoms with E-state index >= 15 is 0 Å². The Morgan fingerprint density at radius 3 is 2.30 bits per heavy atom. The molecular formula is C19H23N3S. The normalized spacial score (nSPS) is 34.9. The van der Waals surface area contributed by atoms with E-state index in [1.54, 1.807) is 0 Å². The summed E-state index contributed by atoms with van der Waals surface area (Å²) >= 11 is 1.52. The molecule has 0 unspecified atom stereocenters. The Morgan fingerprint density at radius 1 is 1.00 bits per heavy atom. The molecule has 4 bridgehead atoms. The predicted octanol–water partition coefficient (Wildman–Crippen LogP) is 4.26. The SMILES string of the molecule is c1ccc(-c2nc(CNC34CC5CC(CC(C5)C3)C4)ns2)cc1. The average molecular weight is 325 g/mol. The second kappa shape index (κ2) is 5.38. The molecule has 4 fully saturated rings. The average Bonchev–Trinajstić information content (AvgIpc) is 3.02. The lowest BCUT2D eigenvalue weighted by Gasteiger charge is -2.57. The van der Waals surface area contributed by atoms with Crippen LogP contribution in [-0.2, 0) is 6.54 Å². The molecule has 0 aliphatic heterocycles. The van der Waals surface area contributed by atoms with Gasteiger partial charge in [-0.25, -0.2) is 4.98 Å². The molecule has 6 rings (SSSR count). The number of hydrogen-bond acceptors (Lipinski definition) is 4. The second-order valence-corrected chi connectivity index (χ2v) is 8.69. The minimum atomic E-state index is 0.396. The molecule has 4 saturated carbocycles. The van der Waals surface area contributed by atoms with Gasteiger partial charge in [-0.1, -0.05) is 30.3 Å². The molecule has 2 aromatic rings. The van der Waals surface area contributed by atoms with Gasteiger partial charge in [0.15, 0.2) is 5.82 Å². The highest BCUT2D eigenvalue weighted by molar-refractivity contribution is 7.09. The second-order valence-electron chi connectivity index (χ2n) is 7.93. The van der Waals surface area contributed by atoms with E-state index in [2.05, 4.69) is 34.0 Å². The van der Waals surface area contributed by atoms with Crippen molar-refractivity contribution in [2.24, 2.45) is 17.8 Å². The molecule has 1 aromatic carbocycles. The number of rotatable bonds is 4. The molecule has 1 aromatic heterocycles. The van der Waals surface area contributed by atoms with Crippen molar-refractivity contribution in [1.82, 2.24) is 14.7 Å². The van der Waals surface area contributed by atoms with Crippen LogP contribution in [0.25, 0.3) is 10.6 Å². The smallest absolute Gasteiger partial charge is 0.156 e. The first-order valence-electron chi connectivity index (χ1n) is 8.91. The summed E-state index contributed by atoms with van der Waals surface area (Å²) in [5, 5.41) is 4.93. The lowest BCUT2D eigenvalue weighted by molar-refractivity contribution is -0.0208. The van der Waals surface area contributed by atoms with Crippen molar-refractivity contribution in [2.75, 3.05) is 0 Å². The van der Waals surface area contributed by atoms with Crippen LogP contribution in [0.4, 0.5) is 0 Å². The van der Waals surface area contributed by atoms with E-state index in [0.29, 0.717) is 5.54 Å². The molecule has 3 nitrogen and oxygen atoms in total. The Bertz CT molecular complexity index is 658. The maximum atomic E-state index is 4.74. The largest absolute Gasteiger partial charge is 0.304 e. The van der Waals surface area contributed by atoms with Crippen LogP contribution in [-0.4, -0.2) is 14.9 Å². The lowest BCUT2D eigenvalue weighted by atomic mass is 9.53. The lowest BCUT2D eigenvalue weighted by Crippen LogP contribution is -2.58. The fraction of sp³-hybridized carbons (Fsp3) is 0.579. The number of aromatic nitrogens is 2. The third-order valence-corrected chi connectivity index (χ3v) is 6.95. The summed E-state index contributed by atoms with van der Waals surface area (Å²) in [7, 11) is 0. The molecule has 1 N–H and O–H groups in total. The summed E-state index contributed by atoms with van der Waals surface area (Å²) in [6, 6.07) is 10.4. The van der Waals surface area contributed by atoms with Gasteiger partial charge in [0.05, 0.1) is 6.54 Å². The van der Waals surface area contributed by atoms with Gasteiger partial charge < -0.3 is 5.32 Å². The Hall–Kier alpha value is -1.26. The molecule has 0 saturated heterocycles. The van der Waals surface area contributed by atoms with Crippen LogP contribution in [0.15, 0.2) is 30.3 Å². The fourth-order valence-electron chi connectivity index (χ4n) is 5.62. The molecule has 0 radical (unpaired) electrons. The number of nitrogens with one attached hydrogen (secondary N) is 1. The number of nitrogens with zero attached hydrogens (tertiary/aromatic N) is 2. The molecule has 4 heteroatoms. The minimum Gasteiger partial charge on any atom is -0.304 e. The van der Waals surface area contributed by atoms with Crippen LogP contribution in [0.5, 0.6) is 0 Å². The number of hydrogen-bond donors (Lipinski definition) is 1. The first-order valence-corrected chi connectivity index (χ1v) is 9.68. The van der Waals surface area contributed by atoms with E-state index in [0.717, 1.165) is 35.1 Å². The summed E-state index contributed by atoms with van der Waals surface area (Å²) in [4.78, 5) is 4.74. The van der Waals surface area contributed by atoms with Gasteiger partial charge in [-0.3, -0.25) is 0 Å². The molecule has 23 heavy (non-hydrogen) atoms. The Morgan fingerprint density at radius 2 is 1.65 bits per heavy atom. The van der Waals surface area contributed by atoms with Gasteiger partial charge in [0.25, 0.3) is 0 Å². The van der Waals surface area contributed by atoms with E-state index < -0.39 is 0 Å². The zero-order valence-electron chi connectivity index (χ0n) is 13.4. The summed E-state index contributed by atoms with van der Waals surface area (Å²) in [6.45, 7) is 0.829. The summed E-state index contributed by atoms with van der Waals surface area (Å²) in [5.41, 5.74) is 1.57. The predicted molar refractivity (Wildman–Crippen MR) is 93.1 cm³/mol. The zero-order chi connectivity index (χ0) is 15.3. The fourth-order valence-corrected chi connectivity index (χ4v) is 6.30. The van der Waals surface area contributed by atoms with E-state index in [4.69, 9.17) is 4.98 Å². The van der Waals surface area contributed by atoms with Gasteiger partial charge in [-0.05, 0) is 67.8 Å². The molecule has 120 valence electrons. The maximum absolute atomic E-state index is 4.74. The topological polar surface area (TPSA) is 37.8 Å². The van der Waals surface area contributed by atoms with Crippen LogP contribution in [0.1, 0.15) is 44.3 Å². The zero-order valence-corrected chi connectivity index (χ0v) is 14.2. The van der Waals surface area contributed by atoms with E-state index in [1.165, 1.54) is 55.6 Å². The quantitative estimate of drug-likeness (QED) is 0.912. The molecule has 4 aliphatic carbocycles. The summed E-state index contributed by atoms with van der Waals surface area (Å²) in [6.07, 6.45) is 8.63. The van der Waals surface area contributed by atoms with E-state index in [9.17, 15) is 0 Å². The standard InChI is InChI=1S/C19H23N3S/c1-2-4-16(5-3-1)18-21-17(22-23-18)12-20-19-9-13-6-14(10-19)8-15(7-13)11-19/h1-5,13-15,20H,6-12H2. The van der Waals surface area contributed by atoms with Gasteiger partial charge in [-0.2, -0.15) is 4.37 Å². The van der Waals surface area contributed by atoms with E-state index in [1.807, 2.05) is 6.07 Å². The van der Waals surface area contributed by atoms with Crippen molar-refractivity contribution in [3.63, 3.8) is 0 Å². The van der Waals surface area contributed by atoms with Crippen molar-refractivity contribution in [1.29, 1.82) is 0 Å². The first-order chi connectivity index (χ1) is 11.3. The molecule has 0 spiro atoms. The summed E-state index contributed by atoms with van der Waals surface area (Å²) < 4.78 is 4.58. The maximum Gasteiger partial charge on any atom is 0.156 e. The highest BCUT2D eigenvalue weighted by Gasteiger charge is 2.50. The van der Waals surface area contributed by atoms with Gasteiger partial charge >= 0.3 is 0 Å². The van der Waals surface area contributed by atoms with Gasteiger partial charge in [0.2, 0.25) is 0 Å². The first kappa shape index (κ1) is 14.1. The Labute approximate surface area is 141 Å². The van der Waals surface area contributed by atoms with Crippen molar-refractivity contribution in [2.45, 2.75) is 50.6 Å². The Kier molecular flexibility index (Phi) is 3.30. The van der Waals surface area contributed by atoms with Gasteiger partial charge in [0, 0.05) is 11.1 Å². The van der Waals surface area contributed by atoms with Crippen LogP contribution in [0, 0.1) is 17.8 Å². The molecule has 0 atom stereocenters.